The normalized spacial score (nSPS) is 16.6. The van der Waals surface area contributed by atoms with E-state index in [1.807, 2.05) is 48.2 Å². The zero-order valence-corrected chi connectivity index (χ0v) is 18.0. The average Bonchev–Trinajstić information content (AvgIpc) is 3.27. The standard InChI is InChI=1S/C23H26N4O2S/c1-2-21(28)24-12-11-18-15-30-22(25-18)17-7-5-13-27(14-17)23(29)20-10-9-16-6-3-4-8-19(16)26-20/h3-4,6,8-10,15,17H,2,5,7,11-14H2,1H3,(H,24,28). The number of nitrogens with one attached hydrogen (secondary N) is 1. The Bertz CT molecular complexity index is 1050. The van der Waals surface area contributed by atoms with Crippen LogP contribution in [0.3, 0.4) is 0 Å². The highest BCUT2D eigenvalue weighted by molar-refractivity contribution is 7.09. The molecule has 4 rings (SSSR count). The third kappa shape index (κ3) is 4.67. The van der Waals surface area contributed by atoms with E-state index in [-0.39, 0.29) is 17.7 Å². The summed E-state index contributed by atoms with van der Waals surface area (Å²) in [4.78, 5) is 35.7. The molecule has 3 aromatic rings. The van der Waals surface area contributed by atoms with Crippen molar-refractivity contribution in [2.24, 2.45) is 0 Å². The highest BCUT2D eigenvalue weighted by atomic mass is 32.1. The zero-order chi connectivity index (χ0) is 20.9. The van der Waals surface area contributed by atoms with Crippen LogP contribution in [0.1, 0.15) is 53.3 Å². The number of rotatable bonds is 6. The van der Waals surface area contributed by atoms with Crippen molar-refractivity contribution in [2.75, 3.05) is 19.6 Å². The van der Waals surface area contributed by atoms with E-state index >= 15 is 0 Å². The van der Waals surface area contributed by atoms with Crippen LogP contribution >= 0.6 is 11.3 Å². The van der Waals surface area contributed by atoms with Crippen LogP contribution in [0, 0.1) is 0 Å². The molecule has 0 radical (unpaired) electrons. The number of para-hydroxylation sites is 1. The van der Waals surface area contributed by atoms with Crippen molar-refractivity contribution in [3.8, 4) is 0 Å². The zero-order valence-electron chi connectivity index (χ0n) is 17.1. The quantitative estimate of drug-likeness (QED) is 0.656. The molecule has 2 amide bonds. The second-order valence-corrected chi connectivity index (χ2v) is 8.50. The fourth-order valence-corrected chi connectivity index (χ4v) is 4.77. The summed E-state index contributed by atoms with van der Waals surface area (Å²) in [5.41, 5.74) is 2.35. The number of amides is 2. The van der Waals surface area contributed by atoms with Gasteiger partial charge in [-0.25, -0.2) is 9.97 Å². The minimum absolute atomic E-state index is 0.00971. The van der Waals surface area contributed by atoms with E-state index in [9.17, 15) is 9.59 Å². The fraction of sp³-hybridized carbons (Fsp3) is 0.391. The van der Waals surface area contributed by atoms with Gasteiger partial charge in [0.05, 0.1) is 16.2 Å². The van der Waals surface area contributed by atoms with Gasteiger partial charge in [-0.2, -0.15) is 0 Å². The van der Waals surface area contributed by atoms with Crippen molar-refractivity contribution in [2.45, 2.75) is 38.5 Å². The molecule has 30 heavy (non-hydrogen) atoms. The molecule has 3 heterocycles. The number of hydrogen-bond acceptors (Lipinski definition) is 5. The minimum Gasteiger partial charge on any atom is -0.356 e. The van der Waals surface area contributed by atoms with Crippen LogP contribution in [0.5, 0.6) is 0 Å². The van der Waals surface area contributed by atoms with Crippen LogP contribution in [0.25, 0.3) is 10.9 Å². The van der Waals surface area contributed by atoms with E-state index in [0.717, 1.165) is 47.4 Å². The molecule has 1 aliphatic rings. The summed E-state index contributed by atoms with van der Waals surface area (Å²) in [6.07, 6.45) is 3.23. The Kier molecular flexibility index (Phi) is 6.38. The number of pyridine rings is 1. The van der Waals surface area contributed by atoms with Gasteiger partial charge >= 0.3 is 0 Å². The van der Waals surface area contributed by atoms with Crippen molar-refractivity contribution in [3.63, 3.8) is 0 Å². The summed E-state index contributed by atoms with van der Waals surface area (Å²) in [5, 5.41) is 7.07. The van der Waals surface area contributed by atoms with Gasteiger partial charge in [-0.05, 0) is 25.0 Å². The summed E-state index contributed by atoms with van der Waals surface area (Å²) in [6, 6.07) is 11.6. The maximum Gasteiger partial charge on any atom is 0.272 e. The molecular formula is C23H26N4O2S. The first-order valence-corrected chi connectivity index (χ1v) is 11.4. The number of nitrogens with zero attached hydrogens (tertiary/aromatic N) is 3. The van der Waals surface area contributed by atoms with Gasteiger partial charge in [0.25, 0.3) is 5.91 Å². The van der Waals surface area contributed by atoms with Gasteiger partial charge in [-0.15, -0.1) is 11.3 Å². The Morgan fingerprint density at radius 1 is 1.20 bits per heavy atom. The van der Waals surface area contributed by atoms with E-state index in [2.05, 4.69) is 15.7 Å². The first-order valence-electron chi connectivity index (χ1n) is 10.5. The number of aromatic nitrogens is 2. The molecule has 1 aromatic carbocycles. The number of carbonyl (C=O) groups is 2. The molecule has 2 aromatic heterocycles. The van der Waals surface area contributed by atoms with E-state index in [0.29, 0.717) is 25.2 Å². The van der Waals surface area contributed by atoms with Gasteiger partial charge in [0.15, 0.2) is 0 Å². The van der Waals surface area contributed by atoms with E-state index < -0.39 is 0 Å². The summed E-state index contributed by atoms with van der Waals surface area (Å²) in [6.45, 7) is 3.89. The minimum atomic E-state index is -0.00971. The van der Waals surface area contributed by atoms with E-state index in [1.54, 1.807) is 11.3 Å². The number of benzene rings is 1. The molecule has 6 nitrogen and oxygen atoms in total. The van der Waals surface area contributed by atoms with Crippen LogP contribution in [-0.2, 0) is 11.2 Å². The molecule has 0 saturated carbocycles. The lowest BCUT2D eigenvalue weighted by atomic mass is 9.98. The summed E-state index contributed by atoms with van der Waals surface area (Å²) in [7, 11) is 0. The number of fused-ring (bicyclic) bond motifs is 1. The summed E-state index contributed by atoms with van der Waals surface area (Å²) < 4.78 is 0. The van der Waals surface area contributed by atoms with Crippen molar-refractivity contribution < 1.29 is 9.59 Å². The highest BCUT2D eigenvalue weighted by Crippen LogP contribution is 2.30. The van der Waals surface area contributed by atoms with Crippen LogP contribution in [0.15, 0.2) is 41.8 Å². The molecule has 0 spiro atoms. The lowest BCUT2D eigenvalue weighted by molar-refractivity contribution is -0.120. The fourth-order valence-electron chi connectivity index (χ4n) is 3.79. The second kappa shape index (κ2) is 9.34. The Morgan fingerprint density at radius 3 is 2.93 bits per heavy atom. The van der Waals surface area contributed by atoms with E-state index in [4.69, 9.17) is 4.98 Å². The van der Waals surface area contributed by atoms with Crippen LogP contribution in [0.4, 0.5) is 0 Å². The van der Waals surface area contributed by atoms with Gasteiger partial charge in [-0.1, -0.05) is 31.2 Å². The van der Waals surface area contributed by atoms with E-state index in [1.165, 1.54) is 0 Å². The van der Waals surface area contributed by atoms with Gasteiger partial charge in [0.1, 0.15) is 5.69 Å². The summed E-state index contributed by atoms with van der Waals surface area (Å²) >= 11 is 1.65. The summed E-state index contributed by atoms with van der Waals surface area (Å²) in [5.74, 6) is 0.311. The van der Waals surface area contributed by atoms with Gasteiger partial charge in [0.2, 0.25) is 5.91 Å². The Morgan fingerprint density at radius 2 is 2.07 bits per heavy atom. The van der Waals surface area contributed by atoms with Crippen molar-refractivity contribution in [1.29, 1.82) is 0 Å². The van der Waals surface area contributed by atoms with Crippen LogP contribution in [-0.4, -0.2) is 46.3 Å². The van der Waals surface area contributed by atoms with Crippen LogP contribution < -0.4 is 5.32 Å². The molecule has 1 unspecified atom stereocenters. The number of piperidine rings is 1. The number of carbonyl (C=O) groups excluding carboxylic acids is 2. The smallest absolute Gasteiger partial charge is 0.272 e. The topological polar surface area (TPSA) is 75.2 Å². The molecule has 1 saturated heterocycles. The SMILES string of the molecule is CCC(=O)NCCc1csc(C2CCCN(C(=O)c3ccc4ccccc4n3)C2)n1. The first kappa shape index (κ1) is 20.5. The largest absolute Gasteiger partial charge is 0.356 e. The molecule has 156 valence electrons. The number of hydrogen-bond donors (Lipinski definition) is 1. The average molecular weight is 423 g/mol. The molecule has 7 heteroatoms. The van der Waals surface area contributed by atoms with Crippen molar-refractivity contribution >= 4 is 34.1 Å². The van der Waals surface area contributed by atoms with Crippen molar-refractivity contribution in [3.05, 3.63) is 58.2 Å². The van der Waals surface area contributed by atoms with Crippen LogP contribution in [0.2, 0.25) is 0 Å². The molecule has 1 aliphatic heterocycles. The molecule has 1 fully saturated rings. The first-order chi connectivity index (χ1) is 14.6. The second-order valence-electron chi connectivity index (χ2n) is 7.61. The predicted octanol–water partition coefficient (Wildman–Crippen LogP) is 3.78. The predicted molar refractivity (Wildman–Crippen MR) is 119 cm³/mol. The highest BCUT2D eigenvalue weighted by Gasteiger charge is 2.28. The van der Waals surface area contributed by atoms with Gasteiger partial charge in [-0.3, -0.25) is 9.59 Å². The maximum absolute atomic E-state index is 13.1. The molecule has 0 bridgehead atoms. The maximum atomic E-state index is 13.1. The third-order valence-electron chi connectivity index (χ3n) is 5.47. The Balaban J connectivity index is 1.40. The molecule has 1 atom stereocenters. The lowest BCUT2D eigenvalue weighted by Crippen LogP contribution is -2.39. The molecule has 0 aliphatic carbocycles. The molecular weight excluding hydrogens is 396 g/mol. The van der Waals surface area contributed by atoms with Crippen molar-refractivity contribution in [1.82, 2.24) is 20.2 Å². The Labute approximate surface area is 180 Å². The number of likely N-dealkylation sites (tertiary alicyclic amines) is 1. The lowest BCUT2D eigenvalue weighted by Gasteiger charge is -2.31. The Hall–Kier alpha value is -2.80. The van der Waals surface area contributed by atoms with Gasteiger partial charge < -0.3 is 10.2 Å². The van der Waals surface area contributed by atoms with Gasteiger partial charge in [0, 0.05) is 49.2 Å². The monoisotopic (exact) mass is 422 g/mol. The molecule has 1 N–H and O–H groups in total. The third-order valence-corrected chi connectivity index (χ3v) is 6.53. The number of thiazole rings is 1.